The van der Waals surface area contributed by atoms with Crippen LogP contribution >= 0.6 is 12.2 Å². The Bertz CT molecular complexity index is 1400. The first-order valence-corrected chi connectivity index (χ1v) is 13.8. The molecule has 0 spiro atoms. The summed E-state index contributed by atoms with van der Waals surface area (Å²) in [7, 11) is 1.67. The van der Waals surface area contributed by atoms with Crippen molar-refractivity contribution in [2.45, 2.75) is 32.5 Å². The molecule has 0 radical (unpaired) electrons. The number of thiocarbonyl (C=S) groups is 1. The minimum atomic E-state index is 0.488. The Balaban J connectivity index is 1.23. The second kappa shape index (κ2) is 11.3. The Kier molecular flexibility index (Phi) is 7.27. The molecule has 2 aliphatic heterocycles. The Morgan fingerprint density at radius 2 is 1.33 bits per heavy atom. The van der Waals surface area contributed by atoms with Gasteiger partial charge in [-0.25, -0.2) is 0 Å². The molecule has 1 aromatic heterocycles. The van der Waals surface area contributed by atoms with Crippen LogP contribution in [0.5, 0.6) is 5.75 Å². The van der Waals surface area contributed by atoms with Crippen LogP contribution in [-0.4, -0.2) is 35.3 Å². The predicted octanol–water partition coefficient (Wildman–Crippen LogP) is 5.10. The summed E-state index contributed by atoms with van der Waals surface area (Å²) in [5.74, 6) is 3.16. The zero-order valence-corrected chi connectivity index (χ0v) is 22.9. The third kappa shape index (κ3) is 5.81. The maximum Gasteiger partial charge on any atom is 0.232 e. The molecular weight excluding hydrogens is 504 g/mol. The van der Waals surface area contributed by atoms with E-state index in [4.69, 9.17) is 26.9 Å². The van der Waals surface area contributed by atoms with Crippen molar-refractivity contribution in [1.29, 1.82) is 0 Å². The molecule has 2 aliphatic rings. The van der Waals surface area contributed by atoms with Crippen molar-refractivity contribution < 1.29 is 4.74 Å². The molecule has 7 nitrogen and oxygen atoms in total. The lowest BCUT2D eigenvalue weighted by molar-refractivity contribution is 0.414. The second-order valence-electron chi connectivity index (χ2n) is 9.94. The predicted molar refractivity (Wildman–Crippen MR) is 160 cm³/mol. The molecule has 198 valence electrons. The number of rotatable bonds is 6. The number of benzene rings is 3. The van der Waals surface area contributed by atoms with Crippen LogP contribution in [0.25, 0.3) is 0 Å². The van der Waals surface area contributed by atoms with Gasteiger partial charge in [0, 0.05) is 38.8 Å². The maximum absolute atomic E-state index is 5.63. The Labute approximate surface area is 234 Å². The summed E-state index contributed by atoms with van der Waals surface area (Å²) in [5, 5.41) is 7.02. The Morgan fingerprint density at radius 1 is 0.795 bits per heavy atom. The molecule has 3 aromatic carbocycles. The van der Waals surface area contributed by atoms with E-state index in [0.29, 0.717) is 17.6 Å². The van der Waals surface area contributed by atoms with E-state index in [1.807, 2.05) is 24.3 Å². The molecule has 0 fully saturated rings. The van der Waals surface area contributed by atoms with Gasteiger partial charge in [0.2, 0.25) is 5.95 Å². The van der Waals surface area contributed by atoms with Crippen LogP contribution in [0, 0.1) is 0 Å². The summed E-state index contributed by atoms with van der Waals surface area (Å²) in [6.07, 6.45) is 1.99. The minimum Gasteiger partial charge on any atom is -0.497 e. The van der Waals surface area contributed by atoms with E-state index >= 15 is 0 Å². The molecule has 6 rings (SSSR count). The standard InChI is InChI=1S/C31H32N6OS/c1-38-27-12-10-22(11-13-27)19-32-31(39)35-30-33-28(36-16-14-23-6-2-4-8-25(23)20-36)18-29(34-30)37-17-15-24-7-3-5-9-26(24)21-37/h2-13,18H,14-17,19-21H2,1H3,(H2,32,33,34,35,39). The number of nitrogens with one attached hydrogen (secondary N) is 2. The Hall–Kier alpha value is -4.17. The van der Waals surface area contributed by atoms with Gasteiger partial charge in [0.05, 0.1) is 7.11 Å². The summed E-state index contributed by atoms with van der Waals surface area (Å²) in [6, 6.07) is 27.4. The number of hydrogen-bond acceptors (Lipinski definition) is 6. The van der Waals surface area contributed by atoms with E-state index < -0.39 is 0 Å². The molecule has 0 bridgehead atoms. The number of anilines is 3. The van der Waals surface area contributed by atoms with E-state index in [1.165, 1.54) is 22.3 Å². The molecule has 0 amide bonds. The highest BCUT2D eigenvalue weighted by molar-refractivity contribution is 7.80. The molecule has 39 heavy (non-hydrogen) atoms. The third-order valence-electron chi connectivity index (χ3n) is 7.45. The zero-order chi connectivity index (χ0) is 26.6. The summed E-state index contributed by atoms with van der Waals surface area (Å²) < 4.78 is 5.25. The molecule has 4 aromatic rings. The van der Waals surface area contributed by atoms with Gasteiger partial charge in [0.25, 0.3) is 0 Å². The highest BCUT2D eigenvalue weighted by atomic mass is 32.1. The van der Waals surface area contributed by atoms with Crippen LogP contribution in [0.15, 0.2) is 78.9 Å². The van der Waals surface area contributed by atoms with Gasteiger partial charge >= 0.3 is 0 Å². The van der Waals surface area contributed by atoms with Gasteiger partial charge in [-0.1, -0.05) is 60.7 Å². The van der Waals surface area contributed by atoms with Gasteiger partial charge in [0.15, 0.2) is 5.11 Å². The van der Waals surface area contributed by atoms with Gasteiger partial charge in [-0.15, -0.1) is 0 Å². The number of aromatic nitrogens is 2. The molecule has 0 unspecified atom stereocenters. The highest BCUT2D eigenvalue weighted by Crippen LogP contribution is 2.29. The van der Waals surface area contributed by atoms with E-state index in [2.05, 4.69) is 75.0 Å². The average Bonchev–Trinajstić information content (AvgIpc) is 2.99. The first-order chi connectivity index (χ1) is 19.1. The van der Waals surface area contributed by atoms with E-state index in [9.17, 15) is 0 Å². The summed E-state index contributed by atoms with van der Waals surface area (Å²) in [5.41, 5.74) is 6.63. The van der Waals surface area contributed by atoms with Crippen LogP contribution in [-0.2, 0) is 32.5 Å². The quantitative estimate of drug-likeness (QED) is 0.330. The van der Waals surface area contributed by atoms with Gasteiger partial charge in [-0.05, 0) is 65.0 Å². The SMILES string of the molecule is COc1ccc(CNC(=S)Nc2nc(N3CCc4ccccc4C3)cc(N3CCc4ccccc4C3)n2)cc1. The zero-order valence-electron chi connectivity index (χ0n) is 22.1. The first-order valence-electron chi connectivity index (χ1n) is 13.3. The number of methoxy groups -OCH3 is 1. The minimum absolute atomic E-state index is 0.488. The van der Waals surface area contributed by atoms with E-state index in [0.717, 1.165) is 62.0 Å². The lowest BCUT2D eigenvalue weighted by atomic mass is 9.99. The second-order valence-corrected chi connectivity index (χ2v) is 10.4. The van der Waals surface area contributed by atoms with Crippen molar-refractivity contribution in [3.63, 3.8) is 0 Å². The fourth-order valence-electron chi connectivity index (χ4n) is 5.26. The summed E-state index contributed by atoms with van der Waals surface area (Å²) >= 11 is 5.63. The van der Waals surface area contributed by atoms with Crippen LogP contribution in [0.2, 0.25) is 0 Å². The Morgan fingerprint density at radius 3 is 1.87 bits per heavy atom. The fraction of sp³-hybridized carbons (Fsp3) is 0.258. The number of ether oxygens (including phenoxy) is 1. The first kappa shape index (κ1) is 25.1. The molecule has 0 aliphatic carbocycles. The molecule has 8 heteroatoms. The van der Waals surface area contributed by atoms with Crippen molar-refractivity contribution in [3.05, 3.63) is 107 Å². The molecule has 2 N–H and O–H groups in total. The summed E-state index contributed by atoms with van der Waals surface area (Å²) in [6.45, 7) is 4.07. The van der Waals surface area contributed by atoms with Crippen molar-refractivity contribution in [2.75, 3.05) is 35.3 Å². The maximum atomic E-state index is 5.63. The van der Waals surface area contributed by atoms with Crippen molar-refractivity contribution in [3.8, 4) is 5.75 Å². The highest BCUT2D eigenvalue weighted by Gasteiger charge is 2.22. The van der Waals surface area contributed by atoms with Crippen LogP contribution in [0.1, 0.15) is 27.8 Å². The van der Waals surface area contributed by atoms with Gasteiger partial charge in [-0.2, -0.15) is 9.97 Å². The third-order valence-corrected chi connectivity index (χ3v) is 7.69. The van der Waals surface area contributed by atoms with Gasteiger partial charge < -0.3 is 25.2 Å². The smallest absolute Gasteiger partial charge is 0.232 e. The molecule has 0 atom stereocenters. The number of fused-ring (bicyclic) bond motifs is 2. The van der Waals surface area contributed by atoms with Crippen molar-refractivity contribution in [2.24, 2.45) is 0 Å². The lowest BCUT2D eigenvalue weighted by Gasteiger charge is -2.33. The number of nitrogens with zero attached hydrogens (tertiary/aromatic N) is 4. The fourth-order valence-corrected chi connectivity index (χ4v) is 5.42. The van der Waals surface area contributed by atoms with Crippen molar-refractivity contribution >= 4 is 34.9 Å². The number of hydrogen-bond donors (Lipinski definition) is 2. The molecule has 0 saturated heterocycles. The molecule has 3 heterocycles. The van der Waals surface area contributed by atoms with Crippen LogP contribution in [0.4, 0.5) is 17.6 Å². The lowest BCUT2D eigenvalue weighted by Crippen LogP contribution is -2.34. The van der Waals surface area contributed by atoms with Gasteiger partial charge in [-0.3, -0.25) is 0 Å². The molecular formula is C31H32N6OS. The van der Waals surface area contributed by atoms with Crippen molar-refractivity contribution in [1.82, 2.24) is 15.3 Å². The van der Waals surface area contributed by atoms with Crippen LogP contribution < -0.4 is 25.2 Å². The monoisotopic (exact) mass is 536 g/mol. The molecule has 0 saturated carbocycles. The topological polar surface area (TPSA) is 65.6 Å². The van der Waals surface area contributed by atoms with E-state index in [1.54, 1.807) is 7.11 Å². The average molecular weight is 537 g/mol. The van der Waals surface area contributed by atoms with Gasteiger partial charge in [0.1, 0.15) is 17.4 Å². The largest absolute Gasteiger partial charge is 0.497 e. The van der Waals surface area contributed by atoms with E-state index in [-0.39, 0.29) is 0 Å². The van der Waals surface area contributed by atoms with Crippen LogP contribution in [0.3, 0.4) is 0 Å². The normalized spacial score (nSPS) is 14.3. The summed E-state index contributed by atoms with van der Waals surface area (Å²) in [4.78, 5) is 14.5.